The number of rotatable bonds is 8. The molecule has 1 aliphatic rings. The Morgan fingerprint density at radius 3 is 2.44 bits per heavy atom. The molecule has 3 rings (SSSR count). The van der Waals surface area contributed by atoms with Gasteiger partial charge in [0.2, 0.25) is 15.9 Å². The van der Waals surface area contributed by atoms with Crippen LogP contribution in [0.5, 0.6) is 5.75 Å². The molecule has 174 valence electrons. The first-order valence-electron chi connectivity index (χ1n) is 10.5. The van der Waals surface area contributed by atoms with Gasteiger partial charge >= 0.3 is 0 Å². The number of carbonyl (C=O) groups is 1. The SMILES string of the molecule is CC(C)Oc1ccc(S(=O)(=O)N2CCCCC2)cc1NCC(=O)Nc1ccc(Cl)c(Cl)c1. The lowest BCUT2D eigenvalue weighted by atomic mass is 10.2. The quantitative estimate of drug-likeness (QED) is 0.533. The van der Waals surface area contributed by atoms with Crippen molar-refractivity contribution in [2.45, 2.75) is 44.1 Å². The number of nitrogens with zero attached hydrogens (tertiary/aromatic N) is 1. The average molecular weight is 500 g/mol. The van der Waals surface area contributed by atoms with E-state index in [4.69, 9.17) is 27.9 Å². The van der Waals surface area contributed by atoms with Gasteiger partial charge in [-0.2, -0.15) is 4.31 Å². The van der Waals surface area contributed by atoms with E-state index >= 15 is 0 Å². The van der Waals surface area contributed by atoms with Gasteiger partial charge < -0.3 is 15.4 Å². The number of benzene rings is 2. The molecule has 0 bridgehead atoms. The minimum absolute atomic E-state index is 0.0953. The van der Waals surface area contributed by atoms with Crippen LogP contribution >= 0.6 is 23.2 Å². The Hall–Kier alpha value is -2.00. The molecule has 0 atom stereocenters. The molecule has 0 saturated carbocycles. The first kappa shape index (κ1) is 24.6. The standard InChI is InChI=1S/C22H27Cl2N3O4S/c1-15(2)31-21-9-7-17(32(29,30)27-10-4-3-5-11-27)13-20(21)25-14-22(28)26-16-6-8-18(23)19(24)12-16/h6-9,12-13,15,25H,3-5,10-11,14H2,1-2H3,(H,26,28). The lowest BCUT2D eigenvalue weighted by Crippen LogP contribution is -2.35. The van der Waals surface area contributed by atoms with Crippen molar-refractivity contribution in [1.82, 2.24) is 4.31 Å². The number of nitrogens with one attached hydrogen (secondary N) is 2. The second-order valence-electron chi connectivity index (χ2n) is 7.82. The van der Waals surface area contributed by atoms with Crippen molar-refractivity contribution in [3.8, 4) is 5.75 Å². The van der Waals surface area contributed by atoms with Gasteiger partial charge in [-0.1, -0.05) is 29.6 Å². The number of halogens is 2. The summed E-state index contributed by atoms with van der Waals surface area (Å²) in [5.74, 6) is 0.142. The van der Waals surface area contributed by atoms with E-state index in [9.17, 15) is 13.2 Å². The highest BCUT2D eigenvalue weighted by Crippen LogP contribution is 2.31. The summed E-state index contributed by atoms with van der Waals surface area (Å²) in [6.45, 7) is 4.68. The molecule has 0 unspecified atom stereocenters. The zero-order valence-corrected chi connectivity index (χ0v) is 20.4. The van der Waals surface area contributed by atoms with Crippen LogP contribution in [-0.2, 0) is 14.8 Å². The second-order valence-corrected chi connectivity index (χ2v) is 10.6. The van der Waals surface area contributed by atoms with Crippen molar-refractivity contribution in [1.29, 1.82) is 0 Å². The molecule has 0 radical (unpaired) electrons. The normalized spacial score (nSPS) is 14.9. The number of piperidine rings is 1. The smallest absolute Gasteiger partial charge is 0.243 e. The molecule has 0 aromatic heterocycles. The Morgan fingerprint density at radius 2 is 1.78 bits per heavy atom. The third-order valence-corrected chi connectivity index (χ3v) is 7.54. The largest absolute Gasteiger partial charge is 0.489 e. The van der Waals surface area contributed by atoms with Gasteiger partial charge in [-0.3, -0.25) is 4.79 Å². The van der Waals surface area contributed by atoms with Crippen molar-refractivity contribution in [2.75, 3.05) is 30.3 Å². The summed E-state index contributed by atoms with van der Waals surface area (Å²) in [5, 5.41) is 6.45. The molecular formula is C22H27Cl2N3O4S. The Bertz CT molecular complexity index is 1070. The van der Waals surface area contributed by atoms with Gasteiger partial charge in [-0.05, 0) is 63.1 Å². The Morgan fingerprint density at radius 1 is 1.06 bits per heavy atom. The maximum atomic E-state index is 13.1. The van der Waals surface area contributed by atoms with Crippen LogP contribution in [0.3, 0.4) is 0 Å². The number of carbonyl (C=O) groups excluding carboxylic acids is 1. The van der Waals surface area contributed by atoms with Crippen molar-refractivity contribution in [3.63, 3.8) is 0 Å². The first-order chi connectivity index (χ1) is 15.2. The lowest BCUT2D eigenvalue weighted by molar-refractivity contribution is -0.114. The molecule has 1 saturated heterocycles. The van der Waals surface area contributed by atoms with Crippen LogP contribution < -0.4 is 15.4 Å². The first-order valence-corrected chi connectivity index (χ1v) is 12.7. The predicted octanol–water partition coefficient (Wildman–Crippen LogP) is 5.01. The minimum atomic E-state index is -3.62. The van der Waals surface area contributed by atoms with Crippen LogP contribution in [0.1, 0.15) is 33.1 Å². The summed E-state index contributed by atoms with van der Waals surface area (Å²) in [7, 11) is -3.62. The molecule has 32 heavy (non-hydrogen) atoms. The maximum Gasteiger partial charge on any atom is 0.243 e. The van der Waals surface area contributed by atoms with Crippen LogP contribution in [0.25, 0.3) is 0 Å². The third-order valence-electron chi connectivity index (χ3n) is 4.91. The molecule has 2 N–H and O–H groups in total. The molecule has 2 aromatic carbocycles. The zero-order chi connectivity index (χ0) is 23.3. The molecule has 7 nitrogen and oxygen atoms in total. The molecule has 1 fully saturated rings. The molecule has 10 heteroatoms. The highest BCUT2D eigenvalue weighted by Gasteiger charge is 2.27. The van der Waals surface area contributed by atoms with Crippen LogP contribution in [0, 0.1) is 0 Å². The van der Waals surface area contributed by atoms with E-state index in [-0.39, 0.29) is 23.5 Å². The highest BCUT2D eigenvalue weighted by molar-refractivity contribution is 7.89. The zero-order valence-electron chi connectivity index (χ0n) is 18.0. The summed E-state index contributed by atoms with van der Waals surface area (Å²) in [6.07, 6.45) is 2.63. The van der Waals surface area contributed by atoms with Crippen LogP contribution in [0.4, 0.5) is 11.4 Å². The van der Waals surface area contributed by atoms with Crippen molar-refractivity contribution >= 4 is 50.5 Å². The topological polar surface area (TPSA) is 87.7 Å². The molecule has 2 aromatic rings. The average Bonchev–Trinajstić information content (AvgIpc) is 2.75. The molecule has 1 amide bonds. The second kappa shape index (κ2) is 10.7. The number of ether oxygens (including phenoxy) is 1. The van der Waals surface area contributed by atoms with E-state index in [1.807, 2.05) is 13.8 Å². The van der Waals surface area contributed by atoms with Gasteiger partial charge in [-0.15, -0.1) is 0 Å². The lowest BCUT2D eigenvalue weighted by Gasteiger charge is -2.26. The molecule has 1 heterocycles. The van der Waals surface area contributed by atoms with Crippen molar-refractivity contribution in [2.24, 2.45) is 0 Å². The van der Waals surface area contributed by atoms with Crippen molar-refractivity contribution < 1.29 is 17.9 Å². The summed E-state index contributed by atoms with van der Waals surface area (Å²) >= 11 is 11.9. The number of anilines is 2. The van der Waals surface area contributed by atoms with Gasteiger partial charge in [0.1, 0.15) is 5.75 Å². The number of hydrogen-bond donors (Lipinski definition) is 2. The van der Waals surface area contributed by atoms with Gasteiger partial charge in [0, 0.05) is 18.8 Å². The van der Waals surface area contributed by atoms with E-state index in [0.29, 0.717) is 40.3 Å². The fraction of sp³-hybridized carbons (Fsp3) is 0.409. The van der Waals surface area contributed by atoms with Gasteiger partial charge in [-0.25, -0.2) is 8.42 Å². The van der Waals surface area contributed by atoms with Crippen LogP contribution in [0.15, 0.2) is 41.3 Å². The predicted molar refractivity (Wildman–Crippen MR) is 128 cm³/mol. The van der Waals surface area contributed by atoms with Crippen LogP contribution in [-0.4, -0.2) is 44.4 Å². The van der Waals surface area contributed by atoms with Crippen LogP contribution in [0.2, 0.25) is 10.0 Å². The highest BCUT2D eigenvalue weighted by atomic mass is 35.5. The minimum Gasteiger partial charge on any atom is -0.489 e. The molecule has 0 spiro atoms. The Balaban J connectivity index is 1.77. The van der Waals surface area contributed by atoms with Crippen molar-refractivity contribution in [3.05, 3.63) is 46.4 Å². The summed E-state index contributed by atoms with van der Waals surface area (Å²) in [6, 6.07) is 9.48. The summed E-state index contributed by atoms with van der Waals surface area (Å²) < 4.78 is 33.4. The molecular weight excluding hydrogens is 473 g/mol. The van der Waals surface area contributed by atoms with E-state index in [1.165, 1.54) is 10.4 Å². The van der Waals surface area contributed by atoms with Gasteiger partial charge in [0.05, 0.1) is 33.3 Å². The number of sulfonamides is 1. The van der Waals surface area contributed by atoms with Gasteiger partial charge in [0.15, 0.2) is 0 Å². The number of amides is 1. The van der Waals surface area contributed by atoms with E-state index in [1.54, 1.807) is 30.3 Å². The van der Waals surface area contributed by atoms with E-state index in [0.717, 1.165) is 19.3 Å². The third kappa shape index (κ3) is 6.28. The summed E-state index contributed by atoms with van der Waals surface area (Å²) in [4.78, 5) is 12.6. The summed E-state index contributed by atoms with van der Waals surface area (Å²) in [5.41, 5.74) is 0.937. The Kier molecular flexibility index (Phi) is 8.27. The molecule has 1 aliphatic heterocycles. The van der Waals surface area contributed by atoms with E-state index in [2.05, 4.69) is 10.6 Å². The fourth-order valence-corrected chi connectivity index (χ4v) is 5.22. The maximum absolute atomic E-state index is 13.1. The van der Waals surface area contributed by atoms with E-state index < -0.39 is 10.0 Å². The fourth-order valence-electron chi connectivity index (χ4n) is 3.37. The Labute approximate surface area is 199 Å². The number of hydrogen-bond acceptors (Lipinski definition) is 5. The van der Waals surface area contributed by atoms with Gasteiger partial charge in [0.25, 0.3) is 0 Å². The molecule has 0 aliphatic carbocycles. The monoisotopic (exact) mass is 499 g/mol.